The van der Waals surface area contributed by atoms with Gasteiger partial charge < -0.3 is 5.11 Å². The van der Waals surface area contributed by atoms with Crippen LogP contribution in [0.1, 0.15) is 32.1 Å². The van der Waals surface area contributed by atoms with Crippen molar-refractivity contribution < 1.29 is 19.3 Å². The molecule has 1 atom stereocenters. The van der Waals surface area contributed by atoms with Crippen molar-refractivity contribution in [2.75, 3.05) is 12.1 Å². The van der Waals surface area contributed by atoms with Crippen molar-refractivity contribution in [1.29, 1.82) is 0 Å². The number of carboxylic acid groups (broad SMARTS) is 1. The van der Waals surface area contributed by atoms with E-state index < -0.39 is 11.9 Å². The van der Waals surface area contributed by atoms with Crippen molar-refractivity contribution in [3.63, 3.8) is 0 Å². The highest BCUT2D eigenvalue weighted by Gasteiger charge is 2.51. The van der Waals surface area contributed by atoms with E-state index in [1.807, 2.05) is 7.05 Å². The van der Waals surface area contributed by atoms with Crippen LogP contribution in [0.15, 0.2) is 30.0 Å². The molecule has 1 heterocycles. The van der Waals surface area contributed by atoms with Crippen LogP contribution in [-0.4, -0.2) is 34.7 Å². The number of rotatable bonds is 3. The van der Waals surface area contributed by atoms with Gasteiger partial charge in [0.2, 0.25) is 0 Å². The molecule has 0 saturated heterocycles. The van der Waals surface area contributed by atoms with Gasteiger partial charge in [0.25, 0.3) is 0 Å². The van der Waals surface area contributed by atoms with Gasteiger partial charge in [-0.05, 0) is 31.0 Å². The molecule has 0 radical (unpaired) electrons. The number of amides is 1. The highest BCUT2D eigenvalue weighted by atomic mass is 35.5. The predicted octanol–water partition coefficient (Wildman–Crippen LogP) is 4.00. The fourth-order valence-corrected chi connectivity index (χ4v) is 4.19. The first-order valence-corrected chi connectivity index (χ1v) is 8.72. The third-order valence-corrected chi connectivity index (χ3v) is 5.46. The van der Waals surface area contributed by atoms with Crippen LogP contribution in [0, 0.1) is 0 Å². The molecule has 128 valence electrons. The number of carbonyl (C=O) groups is 2. The number of carbonyl (C=O) groups excluding carboxylic acids is 1. The molecule has 3 rings (SSSR count). The van der Waals surface area contributed by atoms with Crippen LogP contribution in [0.4, 0.5) is 5.69 Å². The minimum atomic E-state index is -1.22. The molecule has 0 spiro atoms. The lowest BCUT2D eigenvalue weighted by atomic mass is 9.94. The summed E-state index contributed by atoms with van der Waals surface area (Å²) in [5.41, 5.74) is 0.265. The number of anilines is 1. The third kappa shape index (κ3) is 2.81. The predicted molar refractivity (Wildman–Crippen MR) is 92.7 cm³/mol. The topological polar surface area (TPSA) is 57.6 Å². The van der Waals surface area contributed by atoms with Gasteiger partial charge in [0, 0.05) is 17.9 Å². The van der Waals surface area contributed by atoms with Crippen LogP contribution < -0.4 is 5.01 Å². The molecular formula is C17H19Cl2N2O3+. The number of halogens is 2. The molecule has 1 aromatic rings. The Morgan fingerprint density at radius 3 is 2.50 bits per heavy atom. The van der Waals surface area contributed by atoms with Crippen LogP contribution in [0.5, 0.6) is 0 Å². The largest absolute Gasteiger partial charge is 0.477 e. The van der Waals surface area contributed by atoms with Crippen LogP contribution >= 0.6 is 23.2 Å². The number of carboxylic acids is 1. The number of aliphatic carboxylic acids is 1. The van der Waals surface area contributed by atoms with Crippen molar-refractivity contribution in [2.45, 2.75) is 38.1 Å². The Hall–Kier alpha value is -1.56. The first kappa shape index (κ1) is 17.3. The Morgan fingerprint density at radius 1 is 1.25 bits per heavy atom. The van der Waals surface area contributed by atoms with Crippen LogP contribution in [-0.2, 0) is 9.59 Å². The van der Waals surface area contributed by atoms with Gasteiger partial charge >= 0.3 is 11.9 Å². The van der Waals surface area contributed by atoms with Crippen molar-refractivity contribution in [1.82, 2.24) is 0 Å². The zero-order chi connectivity index (χ0) is 17.5. The van der Waals surface area contributed by atoms with E-state index in [9.17, 15) is 14.7 Å². The Bertz CT molecular complexity index is 729. The number of hydrogen-bond acceptors (Lipinski definition) is 2. The minimum Gasteiger partial charge on any atom is -0.477 e. The Kier molecular flexibility index (Phi) is 4.60. The second-order valence-corrected chi connectivity index (χ2v) is 7.29. The zero-order valence-corrected chi connectivity index (χ0v) is 14.8. The Labute approximate surface area is 150 Å². The Balaban J connectivity index is 2.10. The summed E-state index contributed by atoms with van der Waals surface area (Å²) in [6, 6.07) is 5.03. The Morgan fingerprint density at radius 2 is 1.92 bits per heavy atom. The normalized spacial score (nSPS) is 25.0. The monoisotopic (exact) mass is 369 g/mol. The van der Waals surface area contributed by atoms with E-state index in [4.69, 9.17) is 23.2 Å². The van der Waals surface area contributed by atoms with Crippen molar-refractivity contribution in [2.24, 2.45) is 0 Å². The fourth-order valence-electron chi connectivity index (χ4n) is 3.70. The first-order chi connectivity index (χ1) is 11.3. The van der Waals surface area contributed by atoms with Gasteiger partial charge in [-0.3, -0.25) is 4.79 Å². The molecule has 1 aliphatic carbocycles. The maximum absolute atomic E-state index is 12.8. The van der Waals surface area contributed by atoms with Gasteiger partial charge in [0.1, 0.15) is 17.9 Å². The van der Waals surface area contributed by atoms with Gasteiger partial charge in [0.15, 0.2) is 5.57 Å². The second kappa shape index (κ2) is 6.39. The molecular weight excluding hydrogens is 351 g/mol. The summed E-state index contributed by atoms with van der Waals surface area (Å²) >= 11 is 12.3. The summed E-state index contributed by atoms with van der Waals surface area (Å²) in [6.45, 7) is 0. The molecule has 1 aliphatic heterocycles. The van der Waals surface area contributed by atoms with Crippen molar-refractivity contribution in [3.05, 3.63) is 40.0 Å². The molecule has 5 nitrogen and oxygen atoms in total. The van der Waals surface area contributed by atoms with Gasteiger partial charge in [-0.15, -0.1) is 5.01 Å². The molecule has 1 amide bonds. The molecule has 1 aromatic carbocycles. The first-order valence-electron chi connectivity index (χ1n) is 7.96. The van der Waals surface area contributed by atoms with E-state index in [0.717, 1.165) is 25.7 Å². The van der Waals surface area contributed by atoms with E-state index in [-0.39, 0.29) is 16.2 Å². The number of quaternary nitrogens is 1. The molecule has 0 bridgehead atoms. The minimum absolute atomic E-state index is 0.113. The number of hydrogen-bond donors (Lipinski definition) is 1. The van der Waals surface area contributed by atoms with Gasteiger partial charge in [-0.2, -0.15) is 4.59 Å². The van der Waals surface area contributed by atoms with Gasteiger partial charge in [-0.1, -0.05) is 29.6 Å². The molecule has 1 N–H and O–H groups in total. The molecule has 1 unspecified atom stereocenters. The van der Waals surface area contributed by atoms with E-state index in [1.165, 1.54) is 11.4 Å². The highest BCUT2D eigenvalue weighted by Crippen LogP contribution is 2.41. The molecule has 1 saturated carbocycles. The van der Waals surface area contributed by atoms with Gasteiger partial charge in [0.05, 0.1) is 12.1 Å². The smallest absolute Gasteiger partial charge is 0.347 e. The quantitative estimate of drug-likeness (QED) is 0.646. The van der Waals surface area contributed by atoms with Crippen LogP contribution in [0.25, 0.3) is 0 Å². The summed E-state index contributed by atoms with van der Waals surface area (Å²) in [6.07, 6.45) is 6.74. The maximum Gasteiger partial charge on any atom is 0.347 e. The van der Waals surface area contributed by atoms with Crippen LogP contribution in [0.2, 0.25) is 10.0 Å². The average Bonchev–Trinajstić information content (AvgIpc) is 2.82. The van der Waals surface area contributed by atoms with E-state index in [2.05, 4.69) is 0 Å². The summed E-state index contributed by atoms with van der Waals surface area (Å²) in [5, 5.41) is 11.7. The van der Waals surface area contributed by atoms with E-state index in [1.54, 1.807) is 24.4 Å². The van der Waals surface area contributed by atoms with E-state index >= 15 is 0 Å². The maximum atomic E-state index is 12.8. The lowest BCUT2D eigenvalue weighted by molar-refractivity contribution is -0.885. The van der Waals surface area contributed by atoms with Crippen molar-refractivity contribution in [3.8, 4) is 0 Å². The van der Waals surface area contributed by atoms with E-state index in [0.29, 0.717) is 15.7 Å². The summed E-state index contributed by atoms with van der Waals surface area (Å²) in [4.78, 5) is 24.3. The summed E-state index contributed by atoms with van der Waals surface area (Å²) < 4.78 is 0.113. The molecule has 0 aromatic heterocycles. The molecule has 2 aliphatic rings. The SMILES string of the molecule is C[N+]1(C2CCCCC2)C=C(C(=O)O)C(=O)N1c1ccc(Cl)cc1Cl. The number of benzene rings is 1. The van der Waals surface area contributed by atoms with Gasteiger partial charge in [-0.25, -0.2) is 4.79 Å². The zero-order valence-electron chi connectivity index (χ0n) is 13.3. The highest BCUT2D eigenvalue weighted by molar-refractivity contribution is 6.37. The second-order valence-electron chi connectivity index (χ2n) is 6.45. The summed E-state index contributed by atoms with van der Waals surface area (Å²) in [7, 11) is 1.87. The molecule has 7 heteroatoms. The standard InChI is InChI=1S/C17H18Cl2N2O3/c1-21(12-5-3-2-4-6-12)10-13(17(23)24)16(22)20(21)15-8-7-11(18)9-14(15)19/h7-10,12H,2-6H2,1H3/p+1. The van der Waals surface area contributed by atoms with Crippen LogP contribution in [0.3, 0.4) is 0 Å². The number of nitrogens with zero attached hydrogens (tertiary/aromatic N) is 2. The third-order valence-electron chi connectivity index (χ3n) is 4.93. The lowest BCUT2D eigenvalue weighted by Crippen LogP contribution is -2.59. The molecule has 1 fully saturated rings. The summed E-state index contributed by atoms with van der Waals surface area (Å²) in [5.74, 6) is -1.76. The lowest BCUT2D eigenvalue weighted by Gasteiger charge is -2.43. The molecule has 24 heavy (non-hydrogen) atoms. The average molecular weight is 370 g/mol. The van der Waals surface area contributed by atoms with Crippen molar-refractivity contribution >= 4 is 40.8 Å². The fraction of sp³-hybridized carbons (Fsp3) is 0.412.